The highest BCUT2D eigenvalue weighted by Crippen LogP contribution is 2.17. The van der Waals surface area contributed by atoms with Gasteiger partial charge >= 0.3 is 0 Å². The molecule has 1 fully saturated rings. The third-order valence-electron chi connectivity index (χ3n) is 2.81. The summed E-state index contributed by atoms with van der Waals surface area (Å²) in [7, 11) is 0. The second-order valence-electron chi connectivity index (χ2n) is 4.03. The Hall–Kier alpha value is -0.810. The van der Waals surface area contributed by atoms with Crippen molar-refractivity contribution in [3.8, 4) is 0 Å². The average molecular weight is 287 g/mol. The number of rotatable bonds is 3. The van der Waals surface area contributed by atoms with Gasteiger partial charge in [0.25, 0.3) is 5.91 Å². The quantitative estimate of drug-likeness (QED) is 0.891. The number of furan rings is 1. The monoisotopic (exact) mass is 286 g/mol. The Balaban J connectivity index is 1.81. The van der Waals surface area contributed by atoms with Crippen LogP contribution in [-0.2, 0) is 0 Å². The van der Waals surface area contributed by atoms with Gasteiger partial charge in [-0.15, -0.1) is 0 Å². The molecule has 2 N–H and O–H groups in total. The standard InChI is InChI=1S/C11H15BrN2O2/c12-10-9(3-5-16-10)11(15)14-7-8-2-1-4-13-6-8/h3,5,8,13H,1-2,4,6-7H2,(H,14,15). The molecule has 5 heteroatoms. The molecule has 2 rings (SSSR count). The van der Waals surface area contributed by atoms with Crippen LogP contribution in [0.1, 0.15) is 23.2 Å². The summed E-state index contributed by atoms with van der Waals surface area (Å²) in [6.45, 7) is 2.81. The molecule has 4 nitrogen and oxygen atoms in total. The van der Waals surface area contributed by atoms with Gasteiger partial charge in [0, 0.05) is 6.54 Å². The molecule has 88 valence electrons. The molecule has 16 heavy (non-hydrogen) atoms. The molecule has 1 unspecified atom stereocenters. The Morgan fingerprint density at radius 1 is 1.69 bits per heavy atom. The van der Waals surface area contributed by atoms with Gasteiger partial charge in [-0.25, -0.2) is 0 Å². The Kier molecular flexibility index (Phi) is 4.01. The van der Waals surface area contributed by atoms with Crippen molar-refractivity contribution >= 4 is 21.8 Å². The summed E-state index contributed by atoms with van der Waals surface area (Å²) < 4.78 is 5.51. The molecule has 0 radical (unpaired) electrons. The first-order valence-corrected chi connectivity index (χ1v) is 6.28. The minimum absolute atomic E-state index is 0.0776. The fourth-order valence-corrected chi connectivity index (χ4v) is 2.31. The van der Waals surface area contributed by atoms with E-state index in [0.717, 1.165) is 19.6 Å². The summed E-state index contributed by atoms with van der Waals surface area (Å²) in [6, 6.07) is 1.67. The smallest absolute Gasteiger partial charge is 0.255 e. The molecule has 1 aliphatic rings. The molecule has 0 saturated carbocycles. The first kappa shape index (κ1) is 11.7. The van der Waals surface area contributed by atoms with Crippen LogP contribution in [-0.4, -0.2) is 25.5 Å². The number of hydrogen-bond donors (Lipinski definition) is 2. The van der Waals surface area contributed by atoms with Crippen LogP contribution in [0.25, 0.3) is 0 Å². The van der Waals surface area contributed by atoms with Crippen molar-refractivity contribution in [3.05, 3.63) is 22.6 Å². The van der Waals surface area contributed by atoms with E-state index in [-0.39, 0.29) is 5.91 Å². The van der Waals surface area contributed by atoms with Gasteiger partial charge in [0.05, 0.1) is 11.8 Å². The van der Waals surface area contributed by atoms with E-state index in [1.54, 1.807) is 6.07 Å². The van der Waals surface area contributed by atoms with Gasteiger partial charge in [-0.1, -0.05) is 0 Å². The topological polar surface area (TPSA) is 54.3 Å². The molecule has 2 heterocycles. The van der Waals surface area contributed by atoms with Crippen molar-refractivity contribution in [3.63, 3.8) is 0 Å². The first-order valence-electron chi connectivity index (χ1n) is 5.49. The van der Waals surface area contributed by atoms with Crippen molar-refractivity contribution in [1.29, 1.82) is 0 Å². The highest BCUT2D eigenvalue weighted by atomic mass is 79.9. The summed E-state index contributed by atoms with van der Waals surface area (Å²) in [6.07, 6.45) is 3.87. The van der Waals surface area contributed by atoms with Gasteiger partial charge in [0.15, 0.2) is 4.67 Å². The molecule has 1 atom stereocenters. The molecular weight excluding hydrogens is 272 g/mol. The summed E-state index contributed by atoms with van der Waals surface area (Å²) in [5.74, 6) is 0.467. The second kappa shape index (κ2) is 5.50. The minimum atomic E-state index is -0.0776. The van der Waals surface area contributed by atoms with Crippen LogP contribution in [0.2, 0.25) is 0 Å². The Bertz CT molecular complexity index is 359. The van der Waals surface area contributed by atoms with E-state index in [9.17, 15) is 4.79 Å². The normalized spacial score (nSPS) is 20.7. The molecule has 0 spiro atoms. The molecule has 1 saturated heterocycles. The lowest BCUT2D eigenvalue weighted by atomic mass is 10.00. The molecule has 0 bridgehead atoms. The maximum absolute atomic E-state index is 11.7. The van der Waals surface area contributed by atoms with Crippen molar-refractivity contribution < 1.29 is 9.21 Å². The largest absolute Gasteiger partial charge is 0.457 e. The first-order chi connectivity index (χ1) is 7.77. The number of piperidine rings is 1. The number of hydrogen-bond acceptors (Lipinski definition) is 3. The van der Waals surface area contributed by atoms with Gasteiger partial charge in [-0.2, -0.15) is 0 Å². The van der Waals surface area contributed by atoms with E-state index in [1.807, 2.05) is 0 Å². The van der Waals surface area contributed by atoms with Crippen molar-refractivity contribution in [2.45, 2.75) is 12.8 Å². The van der Waals surface area contributed by atoms with Gasteiger partial charge in [0.2, 0.25) is 0 Å². The molecule has 1 aromatic rings. The van der Waals surface area contributed by atoms with Crippen LogP contribution in [0.3, 0.4) is 0 Å². The highest BCUT2D eigenvalue weighted by Gasteiger charge is 2.16. The number of amides is 1. The maximum Gasteiger partial charge on any atom is 0.255 e. The average Bonchev–Trinajstić information content (AvgIpc) is 2.74. The summed E-state index contributed by atoms with van der Waals surface area (Å²) in [5, 5.41) is 6.25. The van der Waals surface area contributed by atoms with Crippen molar-refractivity contribution in [2.75, 3.05) is 19.6 Å². The van der Waals surface area contributed by atoms with E-state index < -0.39 is 0 Å². The predicted molar refractivity (Wildman–Crippen MR) is 64.3 cm³/mol. The lowest BCUT2D eigenvalue weighted by Gasteiger charge is -2.22. The molecule has 0 aliphatic carbocycles. The van der Waals surface area contributed by atoms with Crippen LogP contribution in [0.15, 0.2) is 21.4 Å². The fraction of sp³-hybridized carbons (Fsp3) is 0.545. The van der Waals surface area contributed by atoms with Gasteiger partial charge in [-0.3, -0.25) is 4.79 Å². The number of carbonyl (C=O) groups is 1. The lowest BCUT2D eigenvalue weighted by Crippen LogP contribution is -2.38. The minimum Gasteiger partial charge on any atom is -0.457 e. The number of carbonyl (C=O) groups excluding carboxylic acids is 1. The van der Waals surface area contributed by atoms with E-state index in [0.29, 0.717) is 16.2 Å². The van der Waals surface area contributed by atoms with E-state index in [2.05, 4.69) is 26.6 Å². The van der Waals surface area contributed by atoms with E-state index in [1.165, 1.54) is 19.1 Å². The molecule has 1 amide bonds. The van der Waals surface area contributed by atoms with Gasteiger partial charge in [0.1, 0.15) is 0 Å². The van der Waals surface area contributed by atoms with Gasteiger partial charge < -0.3 is 15.1 Å². The van der Waals surface area contributed by atoms with E-state index in [4.69, 9.17) is 4.42 Å². The number of nitrogens with one attached hydrogen (secondary N) is 2. The zero-order chi connectivity index (χ0) is 11.4. The molecule has 0 aromatic carbocycles. The summed E-state index contributed by atoms with van der Waals surface area (Å²) >= 11 is 3.19. The zero-order valence-corrected chi connectivity index (χ0v) is 10.5. The number of halogens is 1. The predicted octanol–water partition coefficient (Wildman–Crippen LogP) is 1.77. The van der Waals surface area contributed by atoms with Gasteiger partial charge in [-0.05, 0) is 53.8 Å². The van der Waals surface area contributed by atoms with Crippen LogP contribution in [0, 0.1) is 5.92 Å². The lowest BCUT2D eigenvalue weighted by molar-refractivity contribution is 0.0943. The maximum atomic E-state index is 11.7. The Morgan fingerprint density at radius 2 is 2.56 bits per heavy atom. The highest BCUT2D eigenvalue weighted by molar-refractivity contribution is 9.10. The Morgan fingerprint density at radius 3 is 3.19 bits per heavy atom. The fourth-order valence-electron chi connectivity index (χ4n) is 1.89. The van der Waals surface area contributed by atoms with E-state index >= 15 is 0 Å². The third kappa shape index (κ3) is 2.86. The second-order valence-corrected chi connectivity index (χ2v) is 4.75. The van der Waals surface area contributed by atoms with Crippen molar-refractivity contribution in [1.82, 2.24) is 10.6 Å². The third-order valence-corrected chi connectivity index (χ3v) is 3.43. The molecule has 1 aromatic heterocycles. The van der Waals surface area contributed by atoms with Crippen molar-refractivity contribution in [2.24, 2.45) is 5.92 Å². The van der Waals surface area contributed by atoms with Crippen LogP contribution < -0.4 is 10.6 Å². The Labute approximate surface area is 103 Å². The van der Waals surface area contributed by atoms with Crippen LogP contribution in [0.4, 0.5) is 0 Å². The summed E-state index contributed by atoms with van der Waals surface area (Å²) in [4.78, 5) is 11.7. The summed E-state index contributed by atoms with van der Waals surface area (Å²) in [5.41, 5.74) is 0.559. The molecule has 1 aliphatic heterocycles. The zero-order valence-electron chi connectivity index (χ0n) is 8.96. The SMILES string of the molecule is O=C(NCC1CCCNC1)c1ccoc1Br. The molecular formula is C11H15BrN2O2. The van der Waals surface area contributed by atoms with Crippen LogP contribution >= 0.6 is 15.9 Å². The van der Waals surface area contributed by atoms with Crippen LogP contribution in [0.5, 0.6) is 0 Å².